The molecule has 1 aromatic carbocycles. The Balaban J connectivity index is 1.61. The van der Waals surface area contributed by atoms with E-state index in [1.807, 2.05) is 55.8 Å². The summed E-state index contributed by atoms with van der Waals surface area (Å²) in [5.74, 6) is 1.46. The quantitative estimate of drug-likeness (QED) is 0.609. The lowest BCUT2D eigenvalue weighted by Crippen LogP contribution is -2.43. The average molecular weight is 424 g/mol. The lowest BCUT2D eigenvalue weighted by Gasteiger charge is -2.35. The zero-order valence-electron chi connectivity index (χ0n) is 17.1. The predicted octanol–water partition coefficient (Wildman–Crippen LogP) is 4.35. The second-order valence-corrected chi connectivity index (χ2v) is 7.73. The largest absolute Gasteiger partial charge is 0.492 e. The molecule has 4 rings (SSSR count). The normalized spacial score (nSPS) is 14.5. The summed E-state index contributed by atoms with van der Waals surface area (Å²) >= 11 is 6.28. The molecule has 6 nitrogen and oxygen atoms in total. The molecule has 0 spiro atoms. The smallest absolute Gasteiger partial charge is 0.225 e. The molecule has 0 saturated carbocycles. The van der Waals surface area contributed by atoms with Gasteiger partial charge in [-0.2, -0.15) is 0 Å². The standard InChI is InChI=1S/C23H26ClN5O/c1-2-30-22-12-17(5-6-21(22)24)16-29(20-7-10-25-11-8-20)23-27-14-19(15-28-23)18-4-3-9-26-13-18/h3-6,9,12-15,20,25H,2,7-8,10-11,16H2,1H3. The summed E-state index contributed by atoms with van der Waals surface area (Å²) in [4.78, 5) is 15.9. The molecule has 1 saturated heterocycles. The number of halogens is 1. The molecule has 2 aromatic heterocycles. The lowest BCUT2D eigenvalue weighted by atomic mass is 10.0. The highest BCUT2D eigenvalue weighted by atomic mass is 35.5. The third-order valence-corrected chi connectivity index (χ3v) is 5.60. The van der Waals surface area contributed by atoms with Gasteiger partial charge in [-0.25, -0.2) is 9.97 Å². The van der Waals surface area contributed by atoms with Crippen molar-refractivity contribution < 1.29 is 4.74 Å². The molecular weight excluding hydrogens is 398 g/mol. The summed E-state index contributed by atoms with van der Waals surface area (Å²) in [6.07, 6.45) is 9.45. The first-order valence-corrected chi connectivity index (χ1v) is 10.7. The zero-order valence-corrected chi connectivity index (χ0v) is 17.8. The van der Waals surface area contributed by atoms with Crippen molar-refractivity contribution in [2.75, 3.05) is 24.6 Å². The Labute approximate surface area is 182 Å². The molecule has 3 heterocycles. The van der Waals surface area contributed by atoms with Crippen LogP contribution >= 0.6 is 11.6 Å². The van der Waals surface area contributed by atoms with Gasteiger partial charge in [0.25, 0.3) is 0 Å². The molecule has 1 fully saturated rings. The van der Waals surface area contributed by atoms with Gasteiger partial charge in [0.1, 0.15) is 5.75 Å². The lowest BCUT2D eigenvalue weighted by molar-refractivity contribution is 0.340. The van der Waals surface area contributed by atoms with Crippen LogP contribution in [-0.4, -0.2) is 40.7 Å². The number of nitrogens with one attached hydrogen (secondary N) is 1. The van der Waals surface area contributed by atoms with Crippen LogP contribution in [0, 0.1) is 0 Å². The first-order valence-electron chi connectivity index (χ1n) is 10.4. The summed E-state index contributed by atoms with van der Waals surface area (Å²) in [6.45, 7) is 5.25. The molecule has 7 heteroatoms. The summed E-state index contributed by atoms with van der Waals surface area (Å²) in [5.41, 5.74) is 3.10. The van der Waals surface area contributed by atoms with Gasteiger partial charge in [-0.1, -0.05) is 23.7 Å². The molecule has 3 aromatic rings. The van der Waals surface area contributed by atoms with E-state index >= 15 is 0 Å². The number of anilines is 1. The van der Waals surface area contributed by atoms with Crippen molar-refractivity contribution in [2.45, 2.75) is 32.4 Å². The summed E-state index contributed by atoms with van der Waals surface area (Å²) in [5, 5.41) is 4.07. The number of nitrogens with zero attached hydrogens (tertiary/aromatic N) is 4. The number of ether oxygens (including phenoxy) is 1. The van der Waals surface area contributed by atoms with Crippen molar-refractivity contribution in [2.24, 2.45) is 0 Å². The monoisotopic (exact) mass is 423 g/mol. The highest BCUT2D eigenvalue weighted by molar-refractivity contribution is 6.32. The Morgan fingerprint density at radius 2 is 1.90 bits per heavy atom. The van der Waals surface area contributed by atoms with E-state index in [0.717, 1.165) is 54.3 Å². The van der Waals surface area contributed by atoms with Crippen molar-refractivity contribution in [1.82, 2.24) is 20.3 Å². The van der Waals surface area contributed by atoms with E-state index in [1.54, 1.807) is 6.20 Å². The molecule has 30 heavy (non-hydrogen) atoms. The minimum atomic E-state index is 0.377. The third kappa shape index (κ3) is 4.89. The molecule has 1 N–H and O–H groups in total. The molecule has 0 atom stereocenters. The Hall–Kier alpha value is -2.70. The minimum Gasteiger partial charge on any atom is -0.492 e. The maximum Gasteiger partial charge on any atom is 0.225 e. The maximum atomic E-state index is 6.28. The molecule has 0 unspecified atom stereocenters. The van der Waals surface area contributed by atoms with Crippen LogP contribution in [0.1, 0.15) is 25.3 Å². The van der Waals surface area contributed by atoms with E-state index in [9.17, 15) is 0 Å². The Bertz CT molecular complexity index is 946. The molecule has 0 aliphatic carbocycles. The van der Waals surface area contributed by atoms with Crippen molar-refractivity contribution in [3.63, 3.8) is 0 Å². The fourth-order valence-electron chi connectivity index (χ4n) is 3.74. The molecule has 0 bridgehead atoms. The van der Waals surface area contributed by atoms with Crippen LogP contribution in [0.25, 0.3) is 11.1 Å². The van der Waals surface area contributed by atoms with Gasteiger partial charge < -0.3 is 15.0 Å². The van der Waals surface area contributed by atoms with Crippen molar-refractivity contribution in [3.05, 3.63) is 65.7 Å². The average Bonchev–Trinajstić information content (AvgIpc) is 2.81. The fourth-order valence-corrected chi connectivity index (χ4v) is 3.91. The summed E-state index contributed by atoms with van der Waals surface area (Å²) < 4.78 is 5.68. The first kappa shape index (κ1) is 20.6. The van der Waals surface area contributed by atoms with Crippen LogP contribution in [0.5, 0.6) is 5.75 Å². The Kier molecular flexibility index (Phi) is 6.77. The van der Waals surface area contributed by atoms with Gasteiger partial charge in [0.2, 0.25) is 5.95 Å². The van der Waals surface area contributed by atoms with Gasteiger partial charge in [-0.15, -0.1) is 0 Å². The number of aromatic nitrogens is 3. The highest BCUT2D eigenvalue weighted by Crippen LogP contribution is 2.28. The molecule has 0 amide bonds. The van der Waals surface area contributed by atoms with Crippen molar-refractivity contribution >= 4 is 17.5 Å². The Morgan fingerprint density at radius 1 is 1.10 bits per heavy atom. The van der Waals surface area contributed by atoms with Crippen LogP contribution in [-0.2, 0) is 6.54 Å². The molecular formula is C23H26ClN5O. The van der Waals surface area contributed by atoms with E-state index in [0.29, 0.717) is 24.2 Å². The van der Waals surface area contributed by atoms with Crippen LogP contribution in [0.3, 0.4) is 0 Å². The zero-order chi connectivity index (χ0) is 20.8. The van der Waals surface area contributed by atoms with Gasteiger partial charge in [-0.3, -0.25) is 4.98 Å². The first-order chi connectivity index (χ1) is 14.7. The van der Waals surface area contributed by atoms with Gasteiger partial charge in [-0.05, 0) is 56.6 Å². The van der Waals surface area contributed by atoms with Crippen LogP contribution < -0.4 is 15.0 Å². The predicted molar refractivity (Wildman–Crippen MR) is 120 cm³/mol. The number of piperidine rings is 1. The number of benzene rings is 1. The summed E-state index contributed by atoms with van der Waals surface area (Å²) in [7, 11) is 0. The molecule has 0 radical (unpaired) electrons. The number of rotatable bonds is 7. The van der Waals surface area contributed by atoms with Crippen molar-refractivity contribution in [3.8, 4) is 16.9 Å². The van der Waals surface area contributed by atoms with E-state index in [2.05, 4.69) is 15.2 Å². The highest BCUT2D eigenvalue weighted by Gasteiger charge is 2.24. The van der Waals surface area contributed by atoms with Crippen molar-refractivity contribution in [1.29, 1.82) is 0 Å². The van der Waals surface area contributed by atoms with E-state index in [-0.39, 0.29) is 0 Å². The third-order valence-electron chi connectivity index (χ3n) is 5.29. The van der Waals surface area contributed by atoms with Gasteiger partial charge >= 0.3 is 0 Å². The molecule has 156 valence electrons. The second-order valence-electron chi connectivity index (χ2n) is 7.32. The number of pyridine rings is 1. The number of hydrogen-bond acceptors (Lipinski definition) is 6. The summed E-state index contributed by atoms with van der Waals surface area (Å²) in [6, 6.07) is 10.3. The van der Waals surface area contributed by atoms with Crippen LogP contribution in [0.15, 0.2) is 55.1 Å². The van der Waals surface area contributed by atoms with E-state index < -0.39 is 0 Å². The van der Waals surface area contributed by atoms with Crippen LogP contribution in [0.2, 0.25) is 5.02 Å². The topological polar surface area (TPSA) is 63.2 Å². The SMILES string of the molecule is CCOc1cc(CN(c2ncc(-c3cccnc3)cn2)C2CCNCC2)ccc1Cl. The second kappa shape index (κ2) is 9.87. The van der Waals surface area contributed by atoms with Gasteiger partial charge in [0, 0.05) is 48.5 Å². The fraction of sp³-hybridized carbons (Fsp3) is 0.348. The Morgan fingerprint density at radius 3 is 2.60 bits per heavy atom. The van der Waals surface area contributed by atoms with E-state index in [4.69, 9.17) is 26.3 Å². The molecule has 1 aliphatic heterocycles. The molecule has 1 aliphatic rings. The minimum absolute atomic E-state index is 0.377. The van der Waals surface area contributed by atoms with Gasteiger partial charge in [0.15, 0.2) is 0 Å². The van der Waals surface area contributed by atoms with E-state index in [1.165, 1.54) is 0 Å². The van der Waals surface area contributed by atoms with Crippen LogP contribution in [0.4, 0.5) is 5.95 Å². The maximum absolute atomic E-state index is 6.28. The van der Waals surface area contributed by atoms with Gasteiger partial charge in [0.05, 0.1) is 11.6 Å². The number of hydrogen-bond donors (Lipinski definition) is 1.